The van der Waals surface area contributed by atoms with Crippen molar-refractivity contribution in [2.75, 3.05) is 13.1 Å². The van der Waals surface area contributed by atoms with Gasteiger partial charge in [-0.05, 0) is 32.9 Å². The van der Waals surface area contributed by atoms with Crippen LogP contribution in [0.3, 0.4) is 0 Å². The number of amides is 1. The number of carboxylic acids is 1. The van der Waals surface area contributed by atoms with E-state index in [4.69, 9.17) is 9.84 Å². The van der Waals surface area contributed by atoms with Crippen LogP contribution in [0.1, 0.15) is 31.3 Å². The maximum Gasteiger partial charge on any atom is 0.352 e. The molecule has 1 atom stereocenters. The Morgan fingerprint density at radius 1 is 1.50 bits per heavy atom. The van der Waals surface area contributed by atoms with Crippen LogP contribution >= 0.6 is 0 Å². The van der Waals surface area contributed by atoms with Gasteiger partial charge in [0.05, 0.1) is 11.7 Å². The summed E-state index contributed by atoms with van der Waals surface area (Å²) in [5, 5.41) is 9.04. The lowest BCUT2D eigenvalue weighted by Crippen LogP contribution is -2.54. The molecule has 0 radical (unpaired) electrons. The van der Waals surface area contributed by atoms with Gasteiger partial charge in [-0.25, -0.2) is 4.79 Å². The fraction of sp³-hybridized carbons (Fsp3) is 0.571. The molecular weight excluding hydrogens is 260 g/mol. The zero-order valence-corrected chi connectivity index (χ0v) is 12.0. The van der Waals surface area contributed by atoms with Crippen LogP contribution in [0.4, 0.5) is 0 Å². The largest absolute Gasteiger partial charge is 0.477 e. The quantitative estimate of drug-likeness (QED) is 0.903. The highest BCUT2D eigenvalue weighted by molar-refractivity contribution is 5.87. The number of ether oxygens (including phenoxy) is 1. The molecule has 0 spiro atoms. The van der Waals surface area contributed by atoms with Gasteiger partial charge in [0, 0.05) is 19.3 Å². The summed E-state index contributed by atoms with van der Waals surface area (Å²) in [5.41, 5.74) is -0.251. The summed E-state index contributed by atoms with van der Waals surface area (Å²) in [6, 6.07) is 3.12. The van der Waals surface area contributed by atoms with Crippen molar-refractivity contribution in [3.05, 3.63) is 24.0 Å². The van der Waals surface area contributed by atoms with Crippen LogP contribution in [0.15, 0.2) is 18.3 Å². The Morgan fingerprint density at radius 3 is 2.80 bits per heavy atom. The van der Waals surface area contributed by atoms with Crippen LogP contribution in [0.2, 0.25) is 0 Å². The van der Waals surface area contributed by atoms with Gasteiger partial charge >= 0.3 is 5.97 Å². The van der Waals surface area contributed by atoms with Gasteiger partial charge in [-0.1, -0.05) is 0 Å². The maximum absolute atomic E-state index is 12.3. The highest BCUT2D eigenvalue weighted by Crippen LogP contribution is 2.21. The molecule has 1 aliphatic rings. The molecule has 2 heterocycles. The third-order valence-electron chi connectivity index (χ3n) is 3.28. The number of aromatic carboxylic acids is 1. The Bertz CT molecular complexity index is 521. The van der Waals surface area contributed by atoms with E-state index < -0.39 is 5.97 Å². The number of carbonyl (C=O) groups is 2. The average molecular weight is 280 g/mol. The molecule has 2 rings (SSSR count). The summed E-state index contributed by atoms with van der Waals surface area (Å²) in [4.78, 5) is 25.1. The molecule has 1 aromatic rings. The summed E-state index contributed by atoms with van der Waals surface area (Å²) < 4.78 is 7.21. The molecule has 1 saturated heterocycles. The number of aromatic nitrogens is 1. The zero-order chi connectivity index (χ0) is 14.9. The number of hydrogen-bond donors (Lipinski definition) is 1. The fourth-order valence-electron chi connectivity index (χ4n) is 2.64. The first kappa shape index (κ1) is 14.6. The summed E-state index contributed by atoms with van der Waals surface area (Å²) >= 11 is 0. The molecule has 1 amide bonds. The van der Waals surface area contributed by atoms with E-state index >= 15 is 0 Å². The van der Waals surface area contributed by atoms with Crippen molar-refractivity contribution < 1.29 is 19.4 Å². The van der Waals surface area contributed by atoms with Crippen LogP contribution < -0.4 is 0 Å². The predicted molar refractivity (Wildman–Crippen MR) is 72.6 cm³/mol. The van der Waals surface area contributed by atoms with Crippen molar-refractivity contribution in [2.24, 2.45) is 0 Å². The molecule has 1 fully saturated rings. The van der Waals surface area contributed by atoms with E-state index in [1.807, 2.05) is 20.8 Å². The molecule has 0 aromatic carbocycles. The number of carbonyl (C=O) groups excluding carboxylic acids is 1. The Labute approximate surface area is 117 Å². The average Bonchev–Trinajstić information content (AvgIpc) is 2.74. The van der Waals surface area contributed by atoms with Crippen LogP contribution in [0.5, 0.6) is 0 Å². The molecule has 0 saturated carbocycles. The monoisotopic (exact) mass is 280 g/mol. The van der Waals surface area contributed by atoms with Crippen molar-refractivity contribution in [3.63, 3.8) is 0 Å². The summed E-state index contributed by atoms with van der Waals surface area (Å²) in [6.45, 7) is 6.91. The molecule has 1 N–H and O–H groups in total. The second kappa shape index (κ2) is 5.28. The fourth-order valence-corrected chi connectivity index (χ4v) is 2.64. The molecule has 6 nitrogen and oxygen atoms in total. The summed E-state index contributed by atoms with van der Waals surface area (Å²) in [7, 11) is 0. The molecular formula is C14H20N2O4. The van der Waals surface area contributed by atoms with E-state index in [1.54, 1.807) is 17.2 Å². The normalized spacial score (nSPS) is 21.8. The highest BCUT2D eigenvalue weighted by Gasteiger charge is 2.33. The molecule has 1 unspecified atom stereocenters. The lowest BCUT2D eigenvalue weighted by Gasteiger charge is -2.41. The van der Waals surface area contributed by atoms with Crippen molar-refractivity contribution in [2.45, 2.75) is 39.0 Å². The van der Waals surface area contributed by atoms with E-state index in [0.29, 0.717) is 13.1 Å². The van der Waals surface area contributed by atoms with Crippen molar-refractivity contribution in [3.8, 4) is 0 Å². The van der Waals surface area contributed by atoms with Gasteiger partial charge in [-0.3, -0.25) is 4.79 Å². The summed E-state index contributed by atoms with van der Waals surface area (Å²) in [6.07, 6.45) is 1.59. The van der Waals surface area contributed by atoms with E-state index in [9.17, 15) is 9.59 Å². The minimum absolute atomic E-state index is 0.0219. The second-order valence-corrected chi connectivity index (χ2v) is 5.79. The predicted octanol–water partition coefficient (Wildman–Crippen LogP) is 1.21. The maximum atomic E-state index is 12.3. The Hall–Kier alpha value is -1.82. The highest BCUT2D eigenvalue weighted by atomic mass is 16.5. The van der Waals surface area contributed by atoms with Gasteiger partial charge in [0.25, 0.3) is 0 Å². The molecule has 110 valence electrons. The number of morpholine rings is 1. The van der Waals surface area contributed by atoms with Gasteiger partial charge in [0.2, 0.25) is 5.91 Å². The first-order valence-electron chi connectivity index (χ1n) is 6.62. The molecule has 1 aliphatic heterocycles. The minimum Gasteiger partial charge on any atom is -0.477 e. The first-order valence-corrected chi connectivity index (χ1v) is 6.62. The van der Waals surface area contributed by atoms with Crippen molar-refractivity contribution >= 4 is 11.9 Å². The van der Waals surface area contributed by atoms with Gasteiger partial charge < -0.3 is 19.3 Å². The standard InChI is InChI=1S/C14H20N2O4/c1-10-7-16(9-14(2,3)20-10)12(17)8-15-6-4-5-11(15)13(18)19/h4-6,10H,7-9H2,1-3H3,(H,18,19). The third-order valence-corrected chi connectivity index (χ3v) is 3.28. The van der Waals surface area contributed by atoms with Gasteiger partial charge in [-0.15, -0.1) is 0 Å². The third kappa shape index (κ3) is 3.19. The van der Waals surface area contributed by atoms with E-state index in [2.05, 4.69) is 0 Å². The SMILES string of the molecule is CC1CN(C(=O)Cn2cccc2C(=O)O)CC(C)(C)O1. The van der Waals surface area contributed by atoms with Crippen molar-refractivity contribution in [1.82, 2.24) is 9.47 Å². The molecule has 1 aromatic heterocycles. The van der Waals surface area contributed by atoms with Gasteiger partial charge in [0.1, 0.15) is 12.2 Å². The molecule has 20 heavy (non-hydrogen) atoms. The minimum atomic E-state index is -1.03. The van der Waals surface area contributed by atoms with Crippen LogP contribution in [-0.4, -0.2) is 51.2 Å². The van der Waals surface area contributed by atoms with Crippen LogP contribution in [-0.2, 0) is 16.1 Å². The van der Waals surface area contributed by atoms with E-state index in [0.717, 1.165) is 0 Å². The summed E-state index contributed by atoms with van der Waals surface area (Å²) in [5.74, 6) is -1.12. The number of hydrogen-bond acceptors (Lipinski definition) is 3. The lowest BCUT2D eigenvalue weighted by molar-refractivity contribution is -0.158. The first-order chi connectivity index (χ1) is 9.28. The Balaban J connectivity index is 2.08. The zero-order valence-electron chi connectivity index (χ0n) is 12.0. The van der Waals surface area contributed by atoms with Gasteiger partial charge in [0.15, 0.2) is 0 Å². The van der Waals surface area contributed by atoms with Crippen LogP contribution in [0, 0.1) is 0 Å². The number of nitrogens with zero attached hydrogens (tertiary/aromatic N) is 2. The molecule has 6 heteroatoms. The Kier molecular flexibility index (Phi) is 3.85. The van der Waals surface area contributed by atoms with Crippen LogP contribution in [0.25, 0.3) is 0 Å². The van der Waals surface area contributed by atoms with Crippen molar-refractivity contribution in [1.29, 1.82) is 0 Å². The lowest BCUT2D eigenvalue weighted by atomic mass is 10.1. The Morgan fingerprint density at radius 2 is 2.20 bits per heavy atom. The smallest absolute Gasteiger partial charge is 0.352 e. The topological polar surface area (TPSA) is 71.8 Å². The molecule has 0 bridgehead atoms. The van der Waals surface area contributed by atoms with E-state index in [1.165, 1.54) is 10.6 Å². The number of rotatable bonds is 3. The van der Waals surface area contributed by atoms with E-state index in [-0.39, 0.29) is 29.9 Å². The van der Waals surface area contributed by atoms with Gasteiger partial charge in [-0.2, -0.15) is 0 Å². The molecule has 0 aliphatic carbocycles. The second-order valence-electron chi connectivity index (χ2n) is 5.79. The number of carboxylic acid groups (broad SMARTS) is 1.